The third-order valence-electron chi connectivity index (χ3n) is 10.2. The Balaban J connectivity index is 3.87. The van der Waals surface area contributed by atoms with Gasteiger partial charge in [-0.1, -0.05) is 145 Å². The number of carbonyl (C=O) groups is 2. The molecule has 2 unspecified atom stereocenters. The van der Waals surface area contributed by atoms with Crippen LogP contribution in [0.5, 0.6) is 0 Å². The molecule has 2 atom stereocenters. The first kappa shape index (κ1) is 47.9. The number of hydrogen-bond acceptors (Lipinski definition) is 6. The van der Waals surface area contributed by atoms with Gasteiger partial charge in [-0.15, -0.1) is 0 Å². The molecule has 0 saturated carbocycles. The molecule has 6 nitrogen and oxygen atoms in total. The second kappa shape index (κ2) is 31.6. The van der Waals surface area contributed by atoms with E-state index < -0.39 is 0 Å². The van der Waals surface area contributed by atoms with E-state index in [1.807, 2.05) is 19.2 Å². The van der Waals surface area contributed by atoms with Gasteiger partial charge in [-0.3, -0.25) is 14.4 Å². The molecule has 0 saturated heterocycles. The lowest BCUT2D eigenvalue weighted by Gasteiger charge is -2.21. The number of hydroxylamine groups is 2. The summed E-state index contributed by atoms with van der Waals surface area (Å²) in [6.45, 7) is 19.2. The normalized spacial score (nSPS) is 13.9. The SMILES string of the molecule is CC(C)CCC(COC(=O)CCCCCCCCCC(CCCCCCCCCC(=O)OCC(CCC(C)C)C(C)C)ON(C)C)C(C)C. The zero-order chi connectivity index (χ0) is 36.9. The number of nitrogens with zero attached hydrogens (tertiary/aromatic N) is 1. The van der Waals surface area contributed by atoms with Crippen molar-refractivity contribution in [1.29, 1.82) is 0 Å². The van der Waals surface area contributed by atoms with Crippen LogP contribution in [0, 0.1) is 35.5 Å². The molecule has 49 heavy (non-hydrogen) atoms. The number of rotatable bonds is 34. The summed E-state index contributed by atoms with van der Waals surface area (Å²) in [6, 6.07) is 0. The quantitative estimate of drug-likeness (QED) is 0.0379. The van der Waals surface area contributed by atoms with E-state index in [0.29, 0.717) is 67.7 Å². The lowest BCUT2D eigenvalue weighted by Crippen LogP contribution is -2.23. The van der Waals surface area contributed by atoms with E-state index >= 15 is 0 Å². The highest BCUT2D eigenvalue weighted by Gasteiger charge is 2.18. The molecule has 0 amide bonds. The zero-order valence-corrected chi connectivity index (χ0v) is 34.5. The van der Waals surface area contributed by atoms with Crippen LogP contribution in [0.25, 0.3) is 0 Å². The molecule has 0 radical (unpaired) electrons. The number of unbranched alkanes of at least 4 members (excludes halogenated alkanes) is 12. The van der Waals surface area contributed by atoms with Crippen molar-refractivity contribution in [3.05, 3.63) is 0 Å². The summed E-state index contributed by atoms with van der Waals surface area (Å²) in [7, 11) is 3.98. The van der Waals surface area contributed by atoms with Gasteiger partial charge in [0.15, 0.2) is 0 Å². The van der Waals surface area contributed by atoms with E-state index in [4.69, 9.17) is 14.3 Å². The van der Waals surface area contributed by atoms with Gasteiger partial charge in [0.1, 0.15) is 0 Å². The van der Waals surface area contributed by atoms with E-state index in [1.54, 1.807) is 0 Å². The van der Waals surface area contributed by atoms with Crippen LogP contribution in [0.15, 0.2) is 0 Å². The molecule has 0 aliphatic heterocycles. The van der Waals surface area contributed by atoms with Crippen LogP contribution < -0.4 is 0 Å². The van der Waals surface area contributed by atoms with Crippen LogP contribution >= 0.6 is 0 Å². The highest BCUT2D eigenvalue weighted by molar-refractivity contribution is 5.69. The Kier molecular flexibility index (Phi) is 30.8. The zero-order valence-electron chi connectivity index (χ0n) is 34.5. The first-order chi connectivity index (χ1) is 23.3. The van der Waals surface area contributed by atoms with Gasteiger partial charge in [-0.05, 0) is 74.0 Å². The average molecular weight is 696 g/mol. The van der Waals surface area contributed by atoms with E-state index in [-0.39, 0.29) is 11.9 Å². The maximum absolute atomic E-state index is 12.2. The predicted molar refractivity (Wildman–Crippen MR) is 208 cm³/mol. The molecule has 0 aliphatic rings. The van der Waals surface area contributed by atoms with Gasteiger partial charge >= 0.3 is 11.9 Å². The Hall–Kier alpha value is -1.14. The van der Waals surface area contributed by atoms with Gasteiger partial charge in [0.2, 0.25) is 0 Å². The molecule has 292 valence electrons. The lowest BCUT2D eigenvalue weighted by atomic mass is 9.89. The highest BCUT2D eigenvalue weighted by atomic mass is 16.7. The first-order valence-corrected chi connectivity index (χ1v) is 21.0. The van der Waals surface area contributed by atoms with Crippen molar-refractivity contribution in [2.24, 2.45) is 35.5 Å². The van der Waals surface area contributed by atoms with Gasteiger partial charge in [-0.25, -0.2) is 0 Å². The van der Waals surface area contributed by atoms with Crippen molar-refractivity contribution in [3.8, 4) is 0 Å². The Morgan fingerprint density at radius 2 is 0.776 bits per heavy atom. The van der Waals surface area contributed by atoms with E-state index in [2.05, 4.69) is 55.4 Å². The summed E-state index contributed by atoms with van der Waals surface area (Å²) in [5, 5.41) is 1.87. The van der Waals surface area contributed by atoms with Crippen LogP contribution in [0.3, 0.4) is 0 Å². The Bertz CT molecular complexity index is 707. The number of carbonyl (C=O) groups excluding carboxylic acids is 2. The van der Waals surface area contributed by atoms with Gasteiger partial charge < -0.3 is 9.47 Å². The molecule has 0 aliphatic carbocycles. The monoisotopic (exact) mass is 696 g/mol. The topological polar surface area (TPSA) is 65.1 Å². The van der Waals surface area contributed by atoms with Crippen LogP contribution in [0.1, 0.15) is 197 Å². The molecule has 0 bridgehead atoms. The van der Waals surface area contributed by atoms with Crippen molar-refractivity contribution < 1.29 is 23.9 Å². The minimum atomic E-state index is -0.0148. The fraction of sp³-hybridized carbons (Fsp3) is 0.953. The predicted octanol–water partition coefficient (Wildman–Crippen LogP) is 12.4. The molecule has 0 N–H and O–H groups in total. The van der Waals surface area contributed by atoms with Gasteiger partial charge in [-0.2, -0.15) is 5.06 Å². The van der Waals surface area contributed by atoms with Crippen LogP contribution in [-0.4, -0.2) is 50.4 Å². The molecule has 0 fully saturated rings. The van der Waals surface area contributed by atoms with Crippen LogP contribution in [-0.2, 0) is 23.9 Å². The number of ether oxygens (including phenoxy) is 2. The van der Waals surface area contributed by atoms with Crippen molar-refractivity contribution in [2.75, 3.05) is 27.3 Å². The molecular weight excluding hydrogens is 610 g/mol. The maximum atomic E-state index is 12.2. The van der Waals surface area contributed by atoms with Crippen LogP contribution in [0.2, 0.25) is 0 Å². The van der Waals surface area contributed by atoms with Crippen molar-refractivity contribution in [1.82, 2.24) is 5.06 Å². The Morgan fingerprint density at radius 3 is 1.08 bits per heavy atom. The van der Waals surface area contributed by atoms with Crippen molar-refractivity contribution in [2.45, 2.75) is 203 Å². The van der Waals surface area contributed by atoms with Crippen molar-refractivity contribution in [3.63, 3.8) is 0 Å². The molecular formula is C43H85NO5. The second-order valence-electron chi connectivity index (χ2n) is 16.9. The number of esters is 2. The maximum Gasteiger partial charge on any atom is 0.305 e. The summed E-state index contributed by atoms with van der Waals surface area (Å²) in [5.41, 5.74) is 0. The third-order valence-corrected chi connectivity index (χ3v) is 10.2. The smallest absolute Gasteiger partial charge is 0.305 e. The van der Waals surface area contributed by atoms with Gasteiger partial charge in [0.25, 0.3) is 0 Å². The summed E-state index contributed by atoms with van der Waals surface area (Å²) in [4.78, 5) is 30.6. The summed E-state index contributed by atoms with van der Waals surface area (Å²) >= 11 is 0. The minimum Gasteiger partial charge on any atom is -0.465 e. The van der Waals surface area contributed by atoms with Crippen LogP contribution in [0.4, 0.5) is 0 Å². The van der Waals surface area contributed by atoms with Gasteiger partial charge in [0.05, 0.1) is 19.3 Å². The van der Waals surface area contributed by atoms with Gasteiger partial charge in [0, 0.05) is 26.9 Å². The molecule has 0 heterocycles. The second-order valence-corrected chi connectivity index (χ2v) is 16.9. The summed E-state index contributed by atoms with van der Waals surface area (Å²) in [6.07, 6.45) is 24.9. The Morgan fingerprint density at radius 1 is 0.449 bits per heavy atom. The molecule has 0 rings (SSSR count). The summed E-state index contributed by atoms with van der Waals surface area (Å²) < 4.78 is 11.3. The molecule has 0 aromatic rings. The highest BCUT2D eigenvalue weighted by Crippen LogP contribution is 2.23. The molecule has 0 aromatic carbocycles. The molecule has 0 spiro atoms. The third kappa shape index (κ3) is 31.3. The van der Waals surface area contributed by atoms with E-state index in [0.717, 1.165) is 51.4 Å². The standard InChI is InChI=1S/C43H85NO5/c1-35(2)29-31-39(37(5)6)33-47-42(45)27-23-19-15-11-13-17-21-25-41(49-44(9)10)26-22-18-14-12-16-20-24-28-43(46)48-34-40(38(7)8)32-30-36(3)4/h35-41H,11-34H2,1-10H3. The van der Waals surface area contributed by atoms with Crippen molar-refractivity contribution >= 4 is 11.9 Å². The minimum absolute atomic E-state index is 0.0148. The largest absolute Gasteiger partial charge is 0.465 e. The summed E-state index contributed by atoms with van der Waals surface area (Å²) in [5.74, 6) is 3.44. The fourth-order valence-corrected chi connectivity index (χ4v) is 6.46. The lowest BCUT2D eigenvalue weighted by molar-refractivity contribution is -0.169. The fourth-order valence-electron chi connectivity index (χ4n) is 6.46. The molecule has 0 aromatic heterocycles. The molecule has 6 heteroatoms. The first-order valence-electron chi connectivity index (χ1n) is 21.0. The Labute approximate surface area is 305 Å². The van der Waals surface area contributed by atoms with E-state index in [9.17, 15) is 9.59 Å². The van der Waals surface area contributed by atoms with E-state index in [1.165, 1.54) is 77.0 Å². The number of hydrogen-bond donors (Lipinski definition) is 0. The average Bonchev–Trinajstić information content (AvgIpc) is 3.01.